The number of pyridine rings is 1. The van der Waals surface area contributed by atoms with E-state index in [1.807, 2.05) is 6.07 Å². The monoisotopic (exact) mass is 237 g/mol. The Morgan fingerprint density at radius 1 is 1.28 bits per heavy atom. The molecule has 0 bridgehead atoms. The molecule has 0 aliphatic heterocycles. The molecule has 2 aromatic heterocycles. The second-order valence-corrected chi connectivity index (χ2v) is 3.81. The largest absolute Gasteiger partial charge is 0.256 e. The maximum absolute atomic E-state index is 13.1. The quantitative estimate of drug-likeness (QED) is 0.609. The fourth-order valence-corrected chi connectivity index (χ4v) is 1.84. The summed E-state index contributed by atoms with van der Waals surface area (Å²) < 4.78 is 14.8. The Balaban J connectivity index is 2.26. The van der Waals surface area contributed by atoms with E-state index in [0.717, 1.165) is 11.1 Å². The van der Waals surface area contributed by atoms with Crippen molar-refractivity contribution < 1.29 is 4.39 Å². The fraction of sp³-hybridized carbons (Fsp3) is 0. The molecule has 3 rings (SSSR count). The van der Waals surface area contributed by atoms with Crippen LogP contribution in [0.3, 0.4) is 0 Å². The zero-order valence-corrected chi connectivity index (χ0v) is 9.34. The van der Waals surface area contributed by atoms with Crippen molar-refractivity contribution in [2.75, 3.05) is 0 Å². The van der Waals surface area contributed by atoms with Gasteiger partial charge in [-0.15, -0.1) is 6.42 Å². The zero-order valence-electron chi connectivity index (χ0n) is 9.34. The lowest BCUT2D eigenvalue weighted by Crippen LogP contribution is -1.96. The Bertz CT molecular complexity index is 768. The van der Waals surface area contributed by atoms with Crippen LogP contribution in [-0.4, -0.2) is 14.8 Å². The van der Waals surface area contributed by atoms with Crippen LogP contribution in [0.1, 0.15) is 5.56 Å². The molecule has 0 aliphatic rings. The minimum absolute atomic E-state index is 0.308. The van der Waals surface area contributed by atoms with E-state index in [1.165, 1.54) is 12.1 Å². The lowest BCUT2D eigenvalue weighted by molar-refractivity contribution is 0.629. The number of fused-ring (bicyclic) bond motifs is 1. The van der Waals surface area contributed by atoms with Crippen LogP contribution in [0.4, 0.5) is 4.39 Å². The maximum Gasteiger partial charge on any atom is 0.125 e. The first-order valence-electron chi connectivity index (χ1n) is 5.34. The molecule has 4 heteroatoms. The van der Waals surface area contributed by atoms with Crippen LogP contribution in [0.25, 0.3) is 16.6 Å². The van der Waals surface area contributed by atoms with Crippen LogP contribution in [0, 0.1) is 18.2 Å². The molecule has 0 unspecified atom stereocenters. The number of hydrogen-bond acceptors (Lipinski definition) is 2. The third kappa shape index (κ3) is 1.62. The van der Waals surface area contributed by atoms with Gasteiger partial charge in [-0.25, -0.2) is 9.07 Å². The van der Waals surface area contributed by atoms with E-state index in [1.54, 1.807) is 29.3 Å². The highest BCUT2D eigenvalue weighted by molar-refractivity contribution is 5.86. The number of terminal acetylenes is 1. The van der Waals surface area contributed by atoms with E-state index < -0.39 is 0 Å². The summed E-state index contributed by atoms with van der Waals surface area (Å²) in [6, 6.07) is 6.29. The van der Waals surface area contributed by atoms with Crippen LogP contribution < -0.4 is 0 Å². The minimum Gasteiger partial charge on any atom is -0.256 e. The normalized spacial score (nSPS) is 10.4. The third-order valence-electron chi connectivity index (χ3n) is 2.68. The summed E-state index contributed by atoms with van der Waals surface area (Å²) in [7, 11) is 0. The van der Waals surface area contributed by atoms with Gasteiger partial charge in [-0.2, -0.15) is 5.10 Å². The molecule has 0 amide bonds. The van der Waals surface area contributed by atoms with Gasteiger partial charge in [0.25, 0.3) is 0 Å². The van der Waals surface area contributed by atoms with Gasteiger partial charge in [0, 0.05) is 23.8 Å². The van der Waals surface area contributed by atoms with E-state index in [2.05, 4.69) is 16.0 Å². The second-order valence-electron chi connectivity index (χ2n) is 3.81. The lowest BCUT2D eigenvalue weighted by atomic mass is 10.2. The Hall–Kier alpha value is -2.67. The summed E-state index contributed by atoms with van der Waals surface area (Å²) in [6.45, 7) is 0. The molecular weight excluding hydrogens is 229 g/mol. The molecule has 1 aromatic carbocycles. The SMILES string of the molecule is C#Cc1cnn(-c2ccnc3cc(F)ccc23)c1. The average Bonchev–Trinajstić information content (AvgIpc) is 2.86. The molecule has 2 heterocycles. The van der Waals surface area contributed by atoms with Crippen LogP contribution in [0.2, 0.25) is 0 Å². The predicted molar refractivity (Wildman–Crippen MR) is 66.8 cm³/mol. The Labute approximate surface area is 103 Å². The van der Waals surface area contributed by atoms with E-state index in [9.17, 15) is 4.39 Å². The minimum atomic E-state index is -0.308. The van der Waals surface area contributed by atoms with Crippen molar-refractivity contribution in [3.8, 4) is 18.0 Å². The summed E-state index contributed by atoms with van der Waals surface area (Å²) in [5.41, 5.74) is 2.11. The highest BCUT2D eigenvalue weighted by Gasteiger charge is 2.06. The molecule has 0 radical (unpaired) electrons. The van der Waals surface area contributed by atoms with Gasteiger partial charge in [-0.05, 0) is 18.2 Å². The van der Waals surface area contributed by atoms with Crippen molar-refractivity contribution in [2.45, 2.75) is 0 Å². The van der Waals surface area contributed by atoms with Crippen molar-refractivity contribution in [3.05, 3.63) is 54.2 Å². The number of benzene rings is 1. The van der Waals surface area contributed by atoms with Crippen molar-refractivity contribution in [1.29, 1.82) is 0 Å². The van der Waals surface area contributed by atoms with Crippen molar-refractivity contribution in [1.82, 2.24) is 14.8 Å². The molecule has 0 aliphatic carbocycles. The van der Waals surface area contributed by atoms with Crippen LogP contribution in [0.5, 0.6) is 0 Å². The van der Waals surface area contributed by atoms with E-state index in [-0.39, 0.29) is 5.82 Å². The summed E-state index contributed by atoms with van der Waals surface area (Å²) in [4.78, 5) is 4.13. The number of nitrogens with zero attached hydrogens (tertiary/aromatic N) is 3. The van der Waals surface area contributed by atoms with Crippen LogP contribution >= 0.6 is 0 Å². The molecule has 3 nitrogen and oxygen atoms in total. The average molecular weight is 237 g/mol. The van der Waals surface area contributed by atoms with Gasteiger partial charge in [-0.3, -0.25) is 4.98 Å². The molecule has 0 saturated heterocycles. The topological polar surface area (TPSA) is 30.7 Å². The van der Waals surface area contributed by atoms with E-state index >= 15 is 0 Å². The number of rotatable bonds is 1. The highest BCUT2D eigenvalue weighted by Crippen LogP contribution is 2.20. The van der Waals surface area contributed by atoms with Crippen molar-refractivity contribution in [2.24, 2.45) is 0 Å². The molecule has 0 saturated carbocycles. The predicted octanol–water partition coefficient (Wildman–Crippen LogP) is 2.54. The van der Waals surface area contributed by atoms with Gasteiger partial charge in [-0.1, -0.05) is 5.92 Å². The van der Waals surface area contributed by atoms with Gasteiger partial charge in [0.05, 0.1) is 23.0 Å². The molecule has 86 valence electrons. The molecule has 0 spiro atoms. The maximum atomic E-state index is 13.1. The number of halogens is 1. The first-order chi connectivity index (χ1) is 8.78. The highest BCUT2D eigenvalue weighted by atomic mass is 19.1. The zero-order chi connectivity index (χ0) is 12.5. The van der Waals surface area contributed by atoms with E-state index in [4.69, 9.17) is 6.42 Å². The fourth-order valence-electron chi connectivity index (χ4n) is 1.84. The van der Waals surface area contributed by atoms with Crippen LogP contribution in [-0.2, 0) is 0 Å². The van der Waals surface area contributed by atoms with E-state index in [0.29, 0.717) is 11.1 Å². The van der Waals surface area contributed by atoms with Gasteiger partial charge in [0.1, 0.15) is 5.82 Å². The smallest absolute Gasteiger partial charge is 0.125 e. The third-order valence-corrected chi connectivity index (χ3v) is 2.68. The summed E-state index contributed by atoms with van der Waals surface area (Å²) in [5.74, 6) is 2.21. The standard InChI is InChI=1S/C14H8FN3/c1-2-10-8-17-18(9-10)14-5-6-16-13-7-11(15)3-4-12(13)14/h1,3-9H. The van der Waals surface area contributed by atoms with Crippen LogP contribution in [0.15, 0.2) is 42.9 Å². The molecule has 18 heavy (non-hydrogen) atoms. The molecule has 0 fully saturated rings. The van der Waals surface area contributed by atoms with Crippen molar-refractivity contribution in [3.63, 3.8) is 0 Å². The summed E-state index contributed by atoms with van der Waals surface area (Å²) >= 11 is 0. The molecular formula is C14H8FN3. The Kier molecular flexibility index (Phi) is 2.31. The first-order valence-corrected chi connectivity index (χ1v) is 5.34. The first kappa shape index (κ1) is 10.5. The Morgan fingerprint density at radius 2 is 2.17 bits per heavy atom. The second kappa shape index (κ2) is 3.97. The Morgan fingerprint density at radius 3 is 2.94 bits per heavy atom. The van der Waals surface area contributed by atoms with Gasteiger partial charge < -0.3 is 0 Å². The van der Waals surface area contributed by atoms with Crippen molar-refractivity contribution >= 4 is 10.9 Å². The molecule has 0 atom stereocenters. The number of hydrogen-bond donors (Lipinski definition) is 0. The van der Waals surface area contributed by atoms with Gasteiger partial charge in [0.15, 0.2) is 0 Å². The lowest BCUT2D eigenvalue weighted by Gasteiger charge is -2.05. The molecule has 3 aromatic rings. The van der Waals surface area contributed by atoms with Gasteiger partial charge >= 0.3 is 0 Å². The summed E-state index contributed by atoms with van der Waals surface area (Å²) in [6.07, 6.45) is 10.3. The number of aromatic nitrogens is 3. The molecule has 0 N–H and O–H groups in total. The summed E-state index contributed by atoms with van der Waals surface area (Å²) in [5, 5.41) is 5.01. The van der Waals surface area contributed by atoms with Gasteiger partial charge in [0.2, 0.25) is 0 Å².